The van der Waals surface area contributed by atoms with Gasteiger partial charge in [0.05, 0.1) is 6.54 Å². The lowest BCUT2D eigenvalue weighted by molar-refractivity contribution is -0.121. The summed E-state index contributed by atoms with van der Waals surface area (Å²) in [6, 6.07) is 9.51. The number of carbonyl (C=O) groups excluding carboxylic acids is 1. The second kappa shape index (κ2) is 12.8. The van der Waals surface area contributed by atoms with Gasteiger partial charge in [-0.2, -0.15) is 4.31 Å². The van der Waals surface area contributed by atoms with Crippen LogP contribution < -0.4 is 4.90 Å². The molecule has 2 aliphatic rings. The van der Waals surface area contributed by atoms with Crippen LogP contribution in [-0.4, -0.2) is 47.4 Å². The molecule has 5 rings (SSSR count). The van der Waals surface area contributed by atoms with E-state index in [4.69, 9.17) is 0 Å². The number of carboxylic acid groups (broad SMARTS) is 1. The van der Waals surface area contributed by atoms with Gasteiger partial charge in [0.2, 0.25) is 15.9 Å². The zero-order chi connectivity index (χ0) is 32.6. The highest BCUT2D eigenvalue weighted by molar-refractivity contribution is 7.89. The molecule has 13 heteroatoms. The van der Waals surface area contributed by atoms with Crippen molar-refractivity contribution in [2.75, 3.05) is 11.4 Å². The second-order valence-corrected chi connectivity index (χ2v) is 13.3. The average Bonchev–Trinajstić information content (AvgIpc) is 3.53. The highest BCUT2D eigenvalue weighted by atomic mass is 32.2. The minimum Gasteiger partial charge on any atom is -0.507 e. The standard InChI is InChI=1S/C32H32F4N2O6S/c1-18-26(33)28(35)29(36)30(27(18)34)45(43,44)38-15-5-8-24(38)31(40)37(22-13-14-23(32(41)42)25(39)16-22)17-19-9-11-21(12-10-19)20-6-3-2-4-7-20/h9-14,16,20,24,39H,2-8,15,17H2,1H3,(H,41,42)/t24-/m1/s1. The van der Waals surface area contributed by atoms with E-state index >= 15 is 0 Å². The molecule has 1 saturated carbocycles. The molecule has 1 atom stereocenters. The molecule has 0 aromatic heterocycles. The van der Waals surface area contributed by atoms with Gasteiger partial charge in [-0.25, -0.2) is 30.8 Å². The third kappa shape index (κ3) is 6.15. The lowest BCUT2D eigenvalue weighted by atomic mass is 9.84. The summed E-state index contributed by atoms with van der Waals surface area (Å²) in [5.41, 5.74) is 0.392. The van der Waals surface area contributed by atoms with E-state index in [0.717, 1.165) is 55.2 Å². The summed E-state index contributed by atoms with van der Waals surface area (Å²) < 4.78 is 85.7. The lowest BCUT2D eigenvalue weighted by Crippen LogP contribution is -2.48. The monoisotopic (exact) mass is 648 g/mol. The van der Waals surface area contributed by atoms with Crippen LogP contribution in [0.5, 0.6) is 5.75 Å². The van der Waals surface area contributed by atoms with E-state index in [1.54, 1.807) is 0 Å². The van der Waals surface area contributed by atoms with Gasteiger partial charge in [0.25, 0.3) is 0 Å². The molecule has 0 spiro atoms. The first-order chi connectivity index (χ1) is 21.3. The predicted molar refractivity (Wildman–Crippen MR) is 156 cm³/mol. The molecule has 3 aromatic carbocycles. The number of phenols is 1. The van der Waals surface area contributed by atoms with E-state index < -0.39 is 73.0 Å². The smallest absolute Gasteiger partial charge is 0.339 e. The molecule has 8 nitrogen and oxygen atoms in total. The van der Waals surface area contributed by atoms with Gasteiger partial charge in [-0.1, -0.05) is 43.5 Å². The van der Waals surface area contributed by atoms with Crippen LogP contribution in [0.25, 0.3) is 0 Å². The Labute approximate surface area is 257 Å². The number of hydrogen-bond acceptors (Lipinski definition) is 5. The lowest BCUT2D eigenvalue weighted by Gasteiger charge is -2.31. The summed E-state index contributed by atoms with van der Waals surface area (Å²) in [7, 11) is -5.19. The summed E-state index contributed by atoms with van der Waals surface area (Å²) in [6.45, 7) is 0.323. The minimum atomic E-state index is -5.19. The third-order valence-corrected chi connectivity index (χ3v) is 10.6. The van der Waals surface area contributed by atoms with Gasteiger partial charge in [0, 0.05) is 23.9 Å². The van der Waals surface area contributed by atoms with Crippen LogP contribution in [0.15, 0.2) is 47.4 Å². The molecule has 3 aromatic rings. The molecule has 1 amide bonds. The van der Waals surface area contributed by atoms with E-state index in [0.29, 0.717) is 15.8 Å². The highest BCUT2D eigenvalue weighted by Gasteiger charge is 2.45. The maximum atomic E-state index is 15.0. The fourth-order valence-corrected chi connectivity index (χ4v) is 8.03. The first kappa shape index (κ1) is 32.4. The maximum Gasteiger partial charge on any atom is 0.339 e. The summed E-state index contributed by atoms with van der Waals surface area (Å²) >= 11 is 0. The van der Waals surface area contributed by atoms with Crippen molar-refractivity contribution in [1.29, 1.82) is 0 Å². The molecule has 2 fully saturated rings. The third-order valence-electron chi connectivity index (χ3n) is 8.68. The number of nitrogens with zero attached hydrogens (tertiary/aromatic N) is 2. The number of sulfonamides is 1. The number of amides is 1. The van der Waals surface area contributed by atoms with Crippen LogP contribution in [0.4, 0.5) is 23.2 Å². The Hall–Kier alpha value is -3.97. The van der Waals surface area contributed by atoms with Crippen LogP contribution in [-0.2, 0) is 21.4 Å². The number of rotatable bonds is 8. The van der Waals surface area contributed by atoms with Crippen LogP contribution >= 0.6 is 0 Å². The average molecular weight is 649 g/mol. The Balaban J connectivity index is 1.52. The summed E-state index contributed by atoms with van der Waals surface area (Å²) in [5.74, 6) is -10.5. The van der Waals surface area contributed by atoms with Crippen molar-refractivity contribution in [3.8, 4) is 5.75 Å². The molecule has 1 saturated heterocycles. The van der Waals surface area contributed by atoms with Gasteiger partial charge >= 0.3 is 5.97 Å². The predicted octanol–water partition coefficient (Wildman–Crippen LogP) is 6.39. The van der Waals surface area contributed by atoms with Crippen molar-refractivity contribution in [2.45, 2.75) is 75.3 Å². The van der Waals surface area contributed by atoms with Gasteiger partial charge in [0.1, 0.15) is 17.4 Å². The van der Waals surface area contributed by atoms with Crippen LogP contribution in [0.3, 0.4) is 0 Å². The van der Waals surface area contributed by atoms with E-state index in [1.165, 1.54) is 12.5 Å². The number of aromatic carboxylic acids is 1. The normalized spacial score (nSPS) is 17.8. The number of benzene rings is 3. The summed E-state index contributed by atoms with van der Waals surface area (Å²) in [6.07, 6.45) is 5.69. The van der Waals surface area contributed by atoms with Gasteiger partial charge < -0.3 is 15.1 Å². The fraction of sp³-hybridized carbons (Fsp3) is 0.375. The SMILES string of the molecule is Cc1c(F)c(F)c(F)c(S(=O)(=O)N2CCC[C@@H]2C(=O)N(Cc2ccc(C3CCCCC3)cc2)c2ccc(C(=O)O)c(O)c2)c1F. The van der Waals surface area contributed by atoms with Gasteiger partial charge in [-0.05, 0) is 61.8 Å². The topological polar surface area (TPSA) is 115 Å². The molecule has 45 heavy (non-hydrogen) atoms. The van der Waals surface area contributed by atoms with Crippen molar-refractivity contribution < 1.29 is 45.8 Å². The number of hydrogen-bond donors (Lipinski definition) is 2. The van der Waals surface area contributed by atoms with Gasteiger partial charge in [0.15, 0.2) is 28.2 Å². The zero-order valence-electron chi connectivity index (χ0n) is 24.4. The quantitative estimate of drug-likeness (QED) is 0.166. The Bertz CT molecular complexity index is 1710. The number of halogens is 4. The van der Waals surface area contributed by atoms with Crippen molar-refractivity contribution in [2.24, 2.45) is 0 Å². The number of anilines is 1. The Morgan fingerprint density at radius 3 is 2.18 bits per heavy atom. The summed E-state index contributed by atoms with van der Waals surface area (Å²) in [4.78, 5) is 25.1. The minimum absolute atomic E-state index is 0.0455. The maximum absolute atomic E-state index is 15.0. The molecule has 2 N–H and O–H groups in total. The molecule has 0 bridgehead atoms. The van der Waals surface area contributed by atoms with Crippen molar-refractivity contribution in [3.63, 3.8) is 0 Å². The molecular weight excluding hydrogens is 616 g/mol. The molecule has 1 heterocycles. The number of carbonyl (C=O) groups is 2. The Morgan fingerprint density at radius 1 is 0.889 bits per heavy atom. The van der Waals surface area contributed by atoms with Crippen molar-refractivity contribution in [3.05, 3.63) is 88.0 Å². The van der Waals surface area contributed by atoms with E-state index in [9.17, 15) is 45.8 Å². The van der Waals surface area contributed by atoms with Crippen molar-refractivity contribution in [1.82, 2.24) is 4.31 Å². The molecule has 0 unspecified atom stereocenters. The molecule has 1 aliphatic carbocycles. The largest absolute Gasteiger partial charge is 0.507 e. The van der Waals surface area contributed by atoms with E-state index in [-0.39, 0.29) is 31.6 Å². The number of carboxylic acids is 1. The van der Waals surface area contributed by atoms with Gasteiger partial charge in [-0.15, -0.1) is 0 Å². The summed E-state index contributed by atoms with van der Waals surface area (Å²) in [5, 5.41) is 19.7. The molecule has 1 aliphatic heterocycles. The number of aromatic hydroxyl groups is 1. The first-order valence-electron chi connectivity index (χ1n) is 14.6. The van der Waals surface area contributed by atoms with E-state index in [1.807, 2.05) is 24.3 Å². The molecule has 240 valence electrons. The highest BCUT2D eigenvalue weighted by Crippen LogP contribution is 2.36. The first-order valence-corrected chi connectivity index (χ1v) is 16.1. The van der Waals surface area contributed by atoms with Crippen LogP contribution in [0.2, 0.25) is 0 Å². The van der Waals surface area contributed by atoms with Gasteiger partial charge in [-0.3, -0.25) is 4.79 Å². The van der Waals surface area contributed by atoms with Crippen LogP contribution in [0, 0.1) is 30.2 Å². The Kier molecular flexibility index (Phi) is 9.22. The molecule has 0 radical (unpaired) electrons. The van der Waals surface area contributed by atoms with E-state index in [2.05, 4.69) is 0 Å². The Morgan fingerprint density at radius 2 is 1.56 bits per heavy atom. The second-order valence-electron chi connectivity index (χ2n) is 11.5. The van der Waals surface area contributed by atoms with Crippen molar-refractivity contribution >= 4 is 27.6 Å². The van der Waals surface area contributed by atoms with Crippen LogP contribution in [0.1, 0.15) is 77.9 Å². The molecular formula is C32H32F4N2O6S. The fourth-order valence-electron chi connectivity index (χ4n) is 6.20. The zero-order valence-corrected chi connectivity index (χ0v) is 25.2.